The van der Waals surface area contributed by atoms with Gasteiger partial charge in [0, 0.05) is 7.05 Å². The highest BCUT2D eigenvalue weighted by Crippen LogP contribution is 2.25. The lowest BCUT2D eigenvalue weighted by Crippen LogP contribution is -2.46. The molecule has 1 fully saturated rings. The summed E-state index contributed by atoms with van der Waals surface area (Å²) in [4.78, 5) is 13.2. The summed E-state index contributed by atoms with van der Waals surface area (Å²) in [5.74, 6) is -8.32. The molecule has 0 aliphatic heterocycles. The third-order valence-corrected chi connectivity index (χ3v) is 3.84. The molecule has 2 rings (SSSR count). The topological polar surface area (TPSA) is 40.5 Å². The van der Waals surface area contributed by atoms with Gasteiger partial charge in [0.25, 0.3) is 5.91 Å². The van der Waals surface area contributed by atoms with E-state index in [1.807, 2.05) is 0 Å². The maximum atomic E-state index is 13.6. The molecule has 1 aliphatic rings. The van der Waals surface area contributed by atoms with Crippen molar-refractivity contribution in [2.24, 2.45) is 0 Å². The molecule has 0 spiro atoms. The van der Waals surface area contributed by atoms with Crippen molar-refractivity contribution < 1.29 is 27.5 Å². The number of likely N-dealkylation sites (N-methyl/N-ethyl adjacent to an activating group) is 1. The first kappa shape index (κ1) is 15.8. The number of benzene rings is 1. The maximum absolute atomic E-state index is 13.6. The molecule has 0 bridgehead atoms. The zero-order valence-electron chi connectivity index (χ0n) is 11.4. The van der Waals surface area contributed by atoms with E-state index >= 15 is 0 Å². The molecular formula is C14H15F4NO2. The number of hydrogen-bond acceptors (Lipinski definition) is 2. The highest BCUT2D eigenvalue weighted by molar-refractivity contribution is 5.94. The van der Waals surface area contributed by atoms with Crippen LogP contribution in [0.2, 0.25) is 0 Å². The number of amides is 1. The molecule has 0 heterocycles. The smallest absolute Gasteiger partial charge is 0.257 e. The van der Waals surface area contributed by atoms with Gasteiger partial charge in [0.05, 0.1) is 17.7 Å². The minimum atomic E-state index is -2.02. The van der Waals surface area contributed by atoms with Crippen molar-refractivity contribution in [3.63, 3.8) is 0 Å². The summed E-state index contributed by atoms with van der Waals surface area (Å²) in [5.41, 5.74) is -0.883. The Bertz CT molecular complexity index is 564. The number of rotatable bonds is 2. The molecule has 1 aliphatic carbocycles. The summed E-state index contributed by atoms with van der Waals surface area (Å²) in [6, 6.07) is -0.219. The lowest BCUT2D eigenvalue weighted by atomic mass is 9.91. The van der Waals surface area contributed by atoms with Gasteiger partial charge in [0.2, 0.25) is 0 Å². The van der Waals surface area contributed by atoms with E-state index in [0.29, 0.717) is 18.9 Å². The fourth-order valence-electron chi connectivity index (χ4n) is 2.61. The van der Waals surface area contributed by atoms with Gasteiger partial charge in [-0.1, -0.05) is 12.8 Å². The van der Waals surface area contributed by atoms with E-state index in [4.69, 9.17) is 0 Å². The predicted octanol–water partition coefficient (Wildman–Crippen LogP) is 2.62. The average molecular weight is 305 g/mol. The number of aliphatic hydroxyl groups is 1. The second-order valence-electron chi connectivity index (χ2n) is 5.18. The fraction of sp³-hybridized carbons (Fsp3) is 0.500. The van der Waals surface area contributed by atoms with Gasteiger partial charge >= 0.3 is 0 Å². The van der Waals surface area contributed by atoms with Gasteiger partial charge < -0.3 is 10.0 Å². The summed E-state index contributed by atoms with van der Waals surface area (Å²) in [6.07, 6.45) is 1.83. The number of aliphatic hydroxyl groups excluding tert-OH is 1. The van der Waals surface area contributed by atoms with Crippen molar-refractivity contribution in [1.82, 2.24) is 4.90 Å². The van der Waals surface area contributed by atoms with Crippen molar-refractivity contribution in [2.45, 2.75) is 37.8 Å². The van der Waals surface area contributed by atoms with Crippen LogP contribution in [0.1, 0.15) is 36.0 Å². The lowest BCUT2D eigenvalue weighted by molar-refractivity contribution is 0.0264. The van der Waals surface area contributed by atoms with Crippen LogP contribution in [-0.2, 0) is 0 Å². The van der Waals surface area contributed by atoms with E-state index < -0.39 is 46.9 Å². The van der Waals surface area contributed by atoms with Crippen LogP contribution in [0.25, 0.3) is 0 Å². The number of hydrogen-bond donors (Lipinski definition) is 1. The Kier molecular flexibility index (Phi) is 4.51. The van der Waals surface area contributed by atoms with Gasteiger partial charge in [-0.3, -0.25) is 4.79 Å². The Hall–Kier alpha value is -1.63. The normalized spacial score (nSPS) is 22.2. The van der Waals surface area contributed by atoms with E-state index in [9.17, 15) is 27.5 Å². The van der Waals surface area contributed by atoms with Crippen LogP contribution in [0.15, 0.2) is 6.07 Å². The molecule has 0 radical (unpaired) electrons. The number of carbonyl (C=O) groups excluding carboxylic acids is 1. The fourth-order valence-corrected chi connectivity index (χ4v) is 2.61. The van der Waals surface area contributed by atoms with Crippen molar-refractivity contribution >= 4 is 5.91 Å². The molecule has 21 heavy (non-hydrogen) atoms. The van der Waals surface area contributed by atoms with Gasteiger partial charge in [0.1, 0.15) is 0 Å². The molecule has 2 atom stereocenters. The van der Waals surface area contributed by atoms with Crippen LogP contribution in [0, 0.1) is 23.3 Å². The predicted molar refractivity (Wildman–Crippen MR) is 66.6 cm³/mol. The van der Waals surface area contributed by atoms with Crippen molar-refractivity contribution in [3.8, 4) is 0 Å². The number of halogens is 4. The van der Waals surface area contributed by atoms with Gasteiger partial charge in [0.15, 0.2) is 23.3 Å². The number of carbonyl (C=O) groups is 1. The Labute approximate surface area is 119 Å². The molecule has 3 nitrogen and oxygen atoms in total. The van der Waals surface area contributed by atoms with Crippen LogP contribution in [0.4, 0.5) is 17.6 Å². The molecule has 0 saturated heterocycles. The molecule has 2 unspecified atom stereocenters. The molecular weight excluding hydrogens is 290 g/mol. The zero-order valence-corrected chi connectivity index (χ0v) is 11.4. The molecule has 1 aromatic rings. The van der Waals surface area contributed by atoms with Gasteiger partial charge in [-0.2, -0.15) is 0 Å². The first-order chi connectivity index (χ1) is 9.84. The van der Waals surface area contributed by atoms with E-state index in [0.717, 1.165) is 17.7 Å². The summed E-state index contributed by atoms with van der Waals surface area (Å²) in [5, 5.41) is 9.86. The Morgan fingerprint density at radius 2 is 1.76 bits per heavy atom. The zero-order chi connectivity index (χ0) is 15.7. The first-order valence-electron chi connectivity index (χ1n) is 6.62. The van der Waals surface area contributed by atoms with Gasteiger partial charge in [-0.25, -0.2) is 17.6 Å². The largest absolute Gasteiger partial charge is 0.391 e. The van der Waals surface area contributed by atoms with Crippen LogP contribution in [0.3, 0.4) is 0 Å². The minimum absolute atomic E-state index is 0.335. The number of nitrogens with zero attached hydrogens (tertiary/aromatic N) is 1. The van der Waals surface area contributed by atoms with Crippen molar-refractivity contribution in [3.05, 3.63) is 34.9 Å². The Morgan fingerprint density at radius 1 is 1.14 bits per heavy atom. The molecule has 1 N–H and O–H groups in total. The SMILES string of the molecule is CN(C(=O)c1cc(F)c(F)c(F)c1F)C1CCCCC1O. The second-order valence-corrected chi connectivity index (χ2v) is 5.18. The van der Waals surface area contributed by atoms with Gasteiger partial charge in [-0.15, -0.1) is 0 Å². The molecule has 0 aromatic heterocycles. The molecule has 116 valence electrons. The van der Waals surface area contributed by atoms with Gasteiger partial charge in [-0.05, 0) is 18.9 Å². The lowest BCUT2D eigenvalue weighted by Gasteiger charge is -2.35. The van der Waals surface area contributed by atoms with Crippen LogP contribution >= 0.6 is 0 Å². The maximum Gasteiger partial charge on any atom is 0.257 e. The third kappa shape index (κ3) is 2.88. The summed E-state index contributed by atoms with van der Waals surface area (Å²) < 4.78 is 52.9. The highest BCUT2D eigenvalue weighted by Gasteiger charge is 2.32. The highest BCUT2D eigenvalue weighted by atomic mass is 19.2. The van der Waals surface area contributed by atoms with Crippen LogP contribution in [-0.4, -0.2) is 35.1 Å². The van der Waals surface area contributed by atoms with E-state index in [1.54, 1.807) is 0 Å². The molecule has 1 saturated carbocycles. The summed E-state index contributed by atoms with van der Waals surface area (Å²) in [6.45, 7) is 0. The minimum Gasteiger partial charge on any atom is -0.391 e. The Balaban J connectivity index is 2.31. The quantitative estimate of drug-likeness (QED) is 0.518. The standard InChI is InChI=1S/C14H15F4NO2/c1-19(9-4-2-3-5-10(9)20)14(21)7-6-8(15)12(17)13(18)11(7)16/h6,9-10,20H,2-5H2,1H3. The first-order valence-corrected chi connectivity index (χ1v) is 6.62. The molecule has 7 heteroatoms. The summed E-state index contributed by atoms with van der Waals surface area (Å²) in [7, 11) is 1.32. The van der Waals surface area contributed by atoms with Crippen molar-refractivity contribution in [1.29, 1.82) is 0 Å². The summed E-state index contributed by atoms with van der Waals surface area (Å²) >= 11 is 0. The van der Waals surface area contributed by atoms with Crippen LogP contribution in [0.5, 0.6) is 0 Å². The molecule has 1 aromatic carbocycles. The Morgan fingerprint density at radius 3 is 2.38 bits per heavy atom. The second kappa shape index (κ2) is 6.01. The monoisotopic (exact) mass is 305 g/mol. The van der Waals surface area contributed by atoms with Crippen molar-refractivity contribution in [2.75, 3.05) is 7.05 Å². The van der Waals surface area contributed by atoms with Crippen LogP contribution < -0.4 is 0 Å². The van der Waals surface area contributed by atoms with E-state index in [2.05, 4.69) is 0 Å². The third-order valence-electron chi connectivity index (χ3n) is 3.84. The molecule has 1 amide bonds. The average Bonchev–Trinajstić information content (AvgIpc) is 2.48. The van der Waals surface area contributed by atoms with E-state index in [-0.39, 0.29) is 0 Å². The van der Waals surface area contributed by atoms with E-state index in [1.165, 1.54) is 7.05 Å².